The zero-order chi connectivity index (χ0) is 25.7. The van der Waals surface area contributed by atoms with E-state index in [9.17, 15) is 49.6 Å². The van der Waals surface area contributed by atoms with Crippen LogP contribution in [0.25, 0.3) is 0 Å². The Bertz CT molecular complexity index is 971. The van der Waals surface area contributed by atoms with E-state index in [-0.39, 0.29) is 53.1 Å². The predicted octanol–water partition coefficient (Wildman–Crippen LogP) is -1.65. The topological polar surface area (TPSA) is 251 Å². The molecule has 0 saturated carbocycles. The van der Waals surface area contributed by atoms with Crippen molar-refractivity contribution in [2.24, 2.45) is 0 Å². The average Bonchev–Trinajstić information content (AvgIpc) is 2.76. The second kappa shape index (κ2) is 17.3. The molecule has 0 atom stereocenters. The van der Waals surface area contributed by atoms with Gasteiger partial charge in [-0.1, -0.05) is 0 Å². The number of benzene rings is 2. The maximum Gasteiger partial charge on any atom is 2.00 e. The molecule has 0 fully saturated rings. The van der Waals surface area contributed by atoms with Crippen LogP contribution in [0, 0.1) is 20.2 Å². The third-order valence-corrected chi connectivity index (χ3v) is 3.67. The molecule has 0 aromatic heterocycles. The van der Waals surface area contributed by atoms with Gasteiger partial charge in [-0.2, -0.15) is 0 Å². The second-order valence-corrected chi connectivity index (χ2v) is 6.27. The summed E-state index contributed by atoms with van der Waals surface area (Å²) in [6.07, 6.45) is -1.63. The number of carboxylic acids is 2. The molecular weight excluding hydrogens is 501 g/mol. The Morgan fingerprint density at radius 3 is 1.14 bits per heavy atom. The number of hydrogen-bond donors (Lipinski definition) is 0. The predicted molar refractivity (Wildman–Crippen MR) is 114 cm³/mol. The van der Waals surface area contributed by atoms with E-state index < -0.39 is 46.6 Å². The molecule has 2 aromatic carbocycles. The fourth-order valence-electron chi connectivity index (χ4n) is 2.09. The van der Waals surface area contributed by atoms with Crippen molar-refractivity contribution in [2.45, 2.75) is 26.1 Å². The van der Waals surface area contributed by atoms with Gasteiger partial charge in [0.2, 0.25) is 0 Å². The molecule has 0 aliphatic carbocycles. The Labute approximate surface area is 218 Å². The van der Waals surface area contributed by atoms with Crippen LogP contribution < -0.4 is 10.2 Å². The molecule has 0 radical (unpaired) electrons. The van der Waals surface area contributed by atoms with Gasteiger partial charge in [-0.25, -0.2) is 0 Å². The van der Waals surface area contributed by atoms with Gasteiger partial charge in [0.05, 0.1) is 34.6 Å². The van der Waals surface area contributed by atoms with E-state index in [0.29, 0.717) is 11.1 Å². The molecule has 188 valence electrons. The van der Waals surface area contributed by atoms with Gasteiger partial charge >= 0.3 is 35.0 Å². The van der Waals surface area contributed by atoms with E-state index in [0.717, 1.165) is 0 Å². The van der Waals surface area contributed by atoms with Gasteiger partial charge in [-0.3, -0.25) is 29.8 Å². The Kier molecular flexibility index (Phi) is 16.4. The number of non-ortho nitro benzene ring substituents is 2. The van der Waals surface area contributed by atoms with Crippen LogP contribution >= 0.6 is 0 Å². The molecule has 0 saturated heterocycles. The van der Waals surface area contributed by atoms with Crippen LogP contribution in [0.1, 0.15) is 24.0 Å². The van der Waals surface area contributed by atoms with Crippen LogP contribution in [0.2, 0.25) is 0 Å². The summed E-state index contributed by atoms with van der Waals surface area (Å²) < 4.78 is 9.22. The first-order chi connectivity index (χ1) is 16.0. The molecule has 0 bridgehead atoms. The summed E-state index contributed by atoms with van der Waals surface area (Å²) in [5.41, 5.74) is 0.911. The first-order valence-electron chi connectivity index (χ1n) is 9.15. The van der Waals surface area contributed by atoms with Crippen LogP contribution in [0.3, 0.4) is 0 Å². The summed E-state index contributed by atoms with van der Waals surface area (Å²) in [6.45, 7) is -0.270. The maximum atomic E-state index is 10.9. The molecular formula is C20H18MgN2O13. The van der Waals surface area contributed by atoms with Crippen molar-refractivity contribution in [2.75, 3.05) is 0 Å². The van der Waals surface area contributed by atoms with Crippen molar-refractivity contribution in [1.82, 2.24) is 0 Å². The summed E-state index contributed by atoms with van der Waals surface area (Å²) in [4.78, 5) is 61.4. The van der Waals surface area contributed by atoms with Crippen LogP contribution in [-0.4, -0.2) is 62.3 Å². The van der Waals surface area contributed by atoms with Crippen molar-refractivity contribution in [3.8, 4) is 0 Å². The molecule has 2 N–H and O–H groups in total. The normalized spacial score (nSPS) is 9.11. The molecule has 16 heteroatoms. The van der Waals surface area contributed by atoms with Crippen LogP contribution in [0.4, 0.5) is 11.4 Å². The summed E-state index contributed by atoms with van der Waals surface area (Å²) in [5.74, 6) is -4.86. The number of esters is 2. The molecule has 0 aliphatic rings. The van der Waals surface area contributed by atoms with Gasteiger partial charge in [0.1, 0.15) is 13.2 Å². The number of ether oxygens (including phenoxy) is 2. The number of nitro groups is 2. The molecule has 0 unspecified atom stereocenters. The number of rotatable bonds is 10. The summed E-state index contributed by atoms with van der Waals surface area (Å²) >= 11 is 0. The minimum Gasteiger partial charge on any atom is -0.550 e. The molecule has 2 rings (SSSR count). The number of carbonyl (C=O) groups excluding carboxylic acids is 4. The summed E-state index contributed by atoms with van der Waals surface area (Å²) in [6, 6.07) is 10.7. The van der Waals surface area contributed by atoms with Crippen LogP contribution in [0.15, 0.2) is 48.5 Å². The third-order valence-electron chi connectivity index (χ3n) is 3.67. The van der Waals surface area contributed by atoms with Gasteiger partial charge in [0, 0.05) is 24.3 Å². The summed E-state index contributed by atoms with van der Waals surface area (Å²) in [7, 11) is 0. The number of hydrogen-bond acceptors (Lipinski definition) is 12. The van der Waals surface area contributed by atoms with Gasteiger partial charge in [0.25, 0.3) is 11.4 Å². The van der Waals surface area contributed by atoms with Crippen LogP contribution in [0.5, 0.6) is 0 Å². The van der Waals surface area contributed by atoms with Gasteiger partial charge in [-0.15, -0.1) is 0 Å². The number of nitrogens with zero attached hydrogens (tertiary/aromatic N) is 2. The van der Waals surface area contributed by atoms with E-state index in [1.807, 2.05) is 0 Å². The third kappa shape index (κ3) is 14.2. The smallest absolute Gasteiger partial charge is 0.550 e. The monoisotopic (exact) mass is 518 g/mol. The Morgan fingerprint density at radius 1 is 0.639 bits per heavy atom. The quantitative estimate of drug-likeness (QED) is 0.113. The van der Waals surface area contributed by atoms with Crippen LogP contribution in [-0.2, 0) is 41.9 Å². The fourth-order valence-corrected chi connectivity index (χ4v) is 2.09. The van der Waals surface area contributed by atoms with Gasteiger partial charge in [-0.05, 0) is 35.4 Å². The molecule has 0 heterocycles. The molecule has 2 aromatic rings. The number of aliphatic carboxylic acids is 2. The molecule has 15 nitrogen and oxygen atoms in total. The second-order valence-electron chi connectivity index (χ2n) is 6.27. The van der Waals surface area contributed by atoms with Gasteiger partial charge in [0.15, 0.2) is 0 Å². The number of carbonyl (C=O) groups is 4. The summed E-state index contributed by atoms with van der Waals surface area (Å²) in [5, 5.41) is 40.8. The van der Waals surface area contributed by atoms with E-state index in [4.69, 9.17) is 0 Å². The molecule has 36 heavy (non-hydrogen) atoms. The van der Waals surface area contributed by atoms with Gasteiger partial charge < -0.3 is 34.8 Å². The average molecular weight is 519 g/mol. The zero-order valence-corrected chi connectivity index (χ0v) is 19.9. The fraction of sp³-hybridized carbons (Fsp3) is 0.200. The van der Waals surface area contributed by atoms with E-state index >= 15 is 0 Å². The van der Waals surface area contributed by atoms with Crippen molar-refractivity contribution in [1.29, 1.82) is 0 Å². The number of carboxylic acid groups (broad SMARTS) is 2. The first kappa shape index (κ1) is 34.0. The minimum absolute atomic E-state index is 0. The Morgan fingerprint density at radius 2 is 0.917 bits per heavy atom. The first-order valence-corrected chi connectivity index (χ1v) is 9.15. The van der Waals surface area contributed by atoms with Crippen molar-refractivity contribution in [3.63, 3.8) is 0 Å². The zero-order valence-electron chi connectivity index (χ0n) is 18.4. The Balaban J connectivity index is 0. The largest absolute Gasteiger partial charge is 2.00 e. The van der Waals surface area contributed by atoms with Crippen molar-refractivity contribution in [3.05, 3.63) is 79.9 Å². The molecule has 0 spiro atoms. The van der Waals surface area contributed by atoms with E-state index in [2.05, 4.69) is 9.47 Å². The van der Waals surface area contributed by atoms with Crippen molar-refractivity contribution < 1.29 is 54.2 Å². The van der Waals surface area contributed by atoms with Crippen molar-refractivity contribution >= 4 is 58.3 Å². The SMILES string of the molecule is O.O=C([O-])CC(=O)OCc1ccc([N+](=O)[O-])cc1.O=C([O-])CC(=O)OCc1ccc([N+](=O)[O-])cc1.[Mg+2]. The standard InChI is InChI=1S/2C10H9NO6.Mg.H2O/c2*12-9(13)5-10(14)17-6-7-1-3-8(4-2-7)11(15)16;;/h2*1-4H,5-6H2,(H,12,13);;1H2/q;;+2;/p-2. The maximum absolute atomic E-state index is 10.9. The van der Waals surface area contributed by atoms with E-state index in [1.165, 1.54) is 48.5 Å². The minimum atomic E-state index is -1.52. The number of nitro benzene ring substituents is 2. The molecule has 0 amide bonds. The molecule has 0 aliphatic heterocycles. The van der Waals surface area contributed by atoms with E-state index in [1.54, 1.807) is 0 Å². The Hall–Kier alpha value is -4.15.